The molecule has 0 amide bonds. The maximum Gasteiger partial charge on any atom is 0.303 e. The summed E-state index contributed by atoms with van der Waals surface area (Å²) >= 11 is 0. The minimum atomic E-state index is -0.776. The monoisotopic (exact) mass is 499 g/mol. The largest absolute Gasteiger partial charge is 0.493 e. The number of carbonyl (C=O) groups is 1. The third-order valence-corrected chi connectivity index (χ3v) is 6.04. The van der Waals surface area contributed by atoms with Crippen molar-refractivity contribution in [1.82, 2.24) is 5.32 Å². The average Bonchev–Trinajstić information content (AvgIpc) is 2.93. The van der Waals surface area contributed by atoms with Gasteiger partial charge in [-0.15, -0.1) is 0 Å². The predicted octanol–water partition coefficient (Wildman–Crippen LogP) is 6.22. The zero-order chi connectivity index (χ0) is 26.5. The van der Waals surface area contributed by atoms with Crippen LogP contribution in [0.15, 0.2) is 89.6 Å². The van der Waals surface area contributed by atoms with Crippen LogP contribution in [0.4, 0.5) is 5.69 Å². The zero-order valence-corrected chi connectivity index (χ0v) is 22.0. The number of nitrogens with one attached hydrogen (secondary N) is 2. The molecule has 0 saturated carbocycles. The molecule has 0 spiro atoms. The van der Waals surface area contributed by atoms with Crippen LogP contribution in [0.25, 0.3) is 0 Å². The van der Waals surface area contributed by atoms with Gasteiger partial charge in [0.05, 0.1) is 6.61 Å². The number of aliphatic imine (C=N–C) groups is 1. The average molecular weight is 500 g/mol. The molecule has 0 aromatic heterocycles. The minimum Gasteiger partial charge on any atom is -0.493 e. The van der Waals surface area contributed by atoms with Crippen LogP contribution in [-0.4, -0.2) is 30.6 Å². The molecule has 0 fully saturated rings. The van der Waals surface area contributed by atoms with Gasteiger partial charge in [-0.05, 0) is 72.9 Å². The second-order valence-electron chi connectivity index (χ2n) is 8.82. The number of hydrogen-bond donors (Lipinski definition) is 3. The molecular weight excluding hydrogens is 462 g/mol. The first kappa shape index (κ1) is 27.5. The van der Waals surface area contributed by atoms with E-state index in [4.69, 9.17) is 9.84 Å². The van der Waals surface area contributed by atoms with Crippen molar-refractivity contribution in [3.05, 3.63) is 107 Å². The van der Waals surface area contributed by atoms with E-state index in [1.165, 1.54) is 5.56 Å². The van der Waals surface area contributed by atoms with E-state index < -0.39 is 5.97 Å². The Kier molecular flexibility index (Phi) is 10.8. The molecule has 0 atom stereocenters. The summed E-state index contributed by atoms with van der Waals surface area (Å²) in [5, 5.41) is 15.8. The van der Waals surface area contributed by atoms with Gasteiger partial charge >= 0.3 is 5.97 Å². The number of rotatable bonds is 13. The third-order valence-electron chi connectivity index (χ3n) is 6.04. The predicted molar refractivity (Wildman–Crippen MR) is 151 cm³/mol. The number of carboxylic acid groups (broad SMARTS) is 1. The molecule has 0 saturated heterocycles. The number of benzene rings is 3. The summed E-state index contributed by atoms with van der Waals surface area (Å²) in [6.45, 7) is 5.43. The molecule has 0 bridgehead atoms. The highest BCUT2D eigenvalue weighted by Crippen LogP contribution is 2.20. The van der Waals surface area contributed by atoms with Crippen molar-refractivity contribution in [2.75, 3.05) is 19.0 Å². The summed E-state index contributed by atoms with van der Waals surface area (Å²) in [4.78, 5) is 15.3. The molecule has 3 aromatic rings. The van der Waals surface area contributed by atoms with Crippen LogP contribution in [0.1, 0.15) is 48.9 Å². The first-order valence-corrected chi connectivity index (χ1v) is 12.7. The lowest BCUT2D eigenvalue weighted by molar-refractivity contribution is -0.136. The number of nitrogens with zero attached hydrogens (tertiary/aromatic N) is 1. The number of allylic oxidation sites excluding steroid dienone is 1. The van der Waals surface area contributed by atoms with Crippen LogP contribution in [0, 0.1) is 0 Å². The normalized spacial score (nSPS) is 11.8. The highest BCUT2D eigenvalue weighted by atomic mass is 16.5. The molecule has 3 aromatic carbocycles. The van der Waals surface area contributed by atoms with Gasteiger partial charge in [-0.3, -0.25) is 9.79 Å². The van der Waals surface area contributed by atoms with Gasteiger partial charge in [0.2, 0.25) is 0 Å². The van der Waals surface area contributed by atoms with Crippen LogP contribution < -0.4 is 15.4 Å². The smallest absolute Gasteiger partial charge is 0.303 e. The van der Waals surface area contributed by atoms with Crippen LogP contribution in [0.5, 0.6) is 5.75 Å². The number of ether oxygens (including phenoxy) is 1. The van der Waals surface area contributed by atoms with Gasteiger partial charge in [0.25, 0.3) is 0 Å². The Morgan fingerprint density at radius 3 is 2.46 bits per heavy atom. The third kappa shape index (κ3) is 9.15. The zero-order valence-electron chi connectivity index (χ0n) is 22.0. The van der Waals surface area contributed by atoms with E-state index in [0.717, 1.165) is 59.0 Å². The van der Waals surface area contributed by atoms with Crippen molar-refractivity contribution >= 4 is 17.5 Å². The molecule has 0 aliphatic carbocycles. The lowest BCUT2D eigenvalue weighted by atomic mass is 10.0. The maximum absolute atomic E-state index is 10.9. The van der Waals surface area contributed by atoms with Crippen LogP contribution >= 0.6 is 0 Å². The van der Waals surface area contributed by atoms with E-state index in [2.05, 4.69) is 65.0 Å². The van der Waals surface area contributed by atoms with Crippen molar-refractivity contribution in [3.63, 3.8) is 0 Å². The lowest BCUT2D eigenvalue weighted by Crippen LogP contribution is -2.22. The molecule has 37 heavy (non-hydrogen) atoms. The Balaban J connectivity index is 1.47. The lowest BCUT2D eigenvalue weighted by Gasteiger charge is -2.13. The summed E-state index contributed by atoms with van der Waals surface area (Å²) < 4.78 is 5.94. The van der Waals surface area contributed by atoms with Crippen molar-refractivity contribution in [1.29, 1.82) is 0 Å². The molecule has 0 radical (unpaired) electrons. The van der Waals surface area contributed by atoms with Crippen molar-refractivity contribution < 1.29 is 14.6 Å². The molecule has 194 valence electrons. The summed E-state index contributed by atoms with van der Waals surface area (Å²) in [7, 11) is 1.78. The number of aryl methyl sites for hydroxylation is 2. The molecular formula is C31H37N3O3. The molecule has 0 aliphatic rings. The van der Waals surface area contributed by atoms with Gasteiger partial charge in [-0.2, -0.15) is 0 Å². The number of anilines is 1. The quantitative estimate of drug-likeness (QED) is 0.148. The number of aliphatic carboxylic acids is 1. The Labute approximate surface area is 220 Å². The highest BCUT2D eigenvalue weighted by Gasteiger charge is 2.07. The van der Waals surface area contributed by atoms with E-state index in [9.17, 15) is 4.79 Å². The van der Waals surface area contributed by atoms with Gasteiger partial charge in [-0.1, -0.05) is 49.4 Å². The van der Waals surface area contributed by atoms with Gasteiger partial charge in [-0.25, -0.2) is 0 Å². The summed E-state index contributed by atoms with van der Waals surface area (Å²) in [6, 6.07) is 24.5. The molecule has 0 unspecified atom stereocenters. The molecule has 0 aliphatic heterocycles. The number of carboxylic acids is 1. The van der Waals surface area contributed by atoms with Gasteiger partial charge in [0, 0.05) is 43.4 Å². The second-order valence-corrected chi connectivity index (χ2v) is 8.82. The minimum absolute atomic E-state index is 0.141. The van der Waals surface area contributed by atoms with Crippen molar-refractivity contribution in [2.45, 2.75) is 46.1 Å². The Morgan fingerprint density at radius 2 is 1.78 bits per heavy atom. The second kappa shape index (κ2) is 14.5. The maximum atomic E-state index is 10.9. The van der Waals surface area contributed by atoms with E-state index in [1.54, 1.807) is 7.05 Å². The summed E-state index contributed by atoms with van der Waals surface area (Å²) in [5.41, 5.74) is 6.54. The summed E-state index contributed by atoms with van der Waals surface area (Å²) in [6.07, 6.45) is 4.38. The van der Waals surface area contributed by atoms with Crippen LogP contribution in [0.3, 0.4) is 0 Å². The van der Waals surface area contributed by atoms with Crippen LogP contribution in [-0.2, 0) is 24.2 Å². The Bertz CT molecular complexity index is 1200. The van der Waals surface area contributed by atoms with Gasteiger partial charge in [0.1, 0.15) is 11.6 Å². The van der Waals surface area contributed by atoms with Crippen molar-refractivity contribution in [3.8, 4) is 5.75 Å². The Hall–Kier alpha value is -4.06. The van der Waals surface area contributed by atoms with Gasteiger partial charge in [0.15, 0.2) is 0 Å². The number of amidine groups is 1. The Morgan fingerprint density at radius 1 is 1.03 bits per heavy atom. The molecule has 6 nitrogen and oxygen atoms in total. The first-order chi connectivity index (χ1) is 18.0. The fourth-order valence-electron chi connectivity index (χ4n) is 4.00. The van der Waals surface area contributed by atoms with E-state index >= 15 is 0 Å². The topological polar surface area (TPSA) is 83.0 Å². The van der Waals surface area contributed by atoms with Gasteiger partial charge < -0.3 is 20.5 Å². The van der Waals surface area contributed by atoms with Crippen LogP contribution in [0.2, 0.25) is 0 Å². The van der Waals surface area contributed by atoms with Crippen molar-refractivity contribution in [2.24, 2.45) is 4.99 Å². The molecule has 0 heterocycles. The first-order valence-electron chi connectivity index (χ1n) is 12.7. The number of hydrogen-bond acceptors (Lipinski definition) is 4. The summed E-state index contributed by atoms with van der Waals surface area (Å²) in [5.74, 6) is 0.850. The SMILES string of the molecule is CCc1cc(OCC/C=C(\C)NC(=NC)c2ccc(NCc3ccccc3)cc2)ccc1CCC(=O)O. The molecule has 3 rings (SSSR count). The van der Waals surface area contributed by atoms with E-state index in [-0.39, 0.29) is 6.42 Å². The highest BCUT2D eigenvalue weighted by molar-refractivity contribution is 5.99. The molecule has 6 heteroatoms. The fraction of sp³-hybridized carbons (Fsp3) is 0.290. The fourth-order valence-corrected chi connectivity index (χ4v) is 4.00. The standard InChI is InChI=1S/C31H37N3O3/c1-4-25-21-29(18-14-26(25)15-19-30(35)36)37-20-8-9-23(2)34-31(32-3)27-12-16-28(17-13-27)33-22-24-10-6-5-7-11-24/h5-7,9-14,16-18,21,33H,4,8,15,19-20,22H2,1-3H3,(H,32,34)(H,35,36)/b23-9+. The molecule has 3 N–H and O–H groups in total. The van der Waals surface area contributed by atoms with E-state index in [1.807, 2.05) is 43.3 Å². The van der Waals surface area contributed by atoms with E-state index in [0.29, 0.717) is 13.0 Å².